The van der Waals surface area contributed by atoms with Crippen LogP contribution in [0.3, 0.4) is 0 Å². The minimum absolute atomic E-state index is 0.110. The highest BCUT2D eigenvalue weighted by Gasteiger charge is 2.50. The van der Waals surface area contributed by atoms with Gasteiger partial charge in [0.05, 0.1) is 6.61 Å². The molecule has 1 unspecified atom stereocenters. The van der Waals surface area contributed by atoms with E-state index in [0.717, 1.165) is 24.9 Å². The Morgan fingerprint density at radius 3 is 2.68 bits per heavy atom. The van der Waals surface area contributed by atoms with E-state index in [4.69, 9.17) is 4.74 Å². The second-order valence-electron chi connectivity index (χ2n) is 5.31. The zero-order chi connectivity index (χ0) is 13.9. The van der Waals surface area contributed by atoms with Crippen molar-refractivity contribution >= 4 is 11.7 Å². The Labute approximate surface area is 115 Å². The number of benzene rings is 1. The summed E-state index contributed by atoms with van der Waals surface area (Å²) in [5, 5.41) is 3.46. The molecule has 0 spiro atoms. The molecule has 0 heterocycles. The molecule has 1 saturated carbocycles. The van der Waals surface area contributed by atoms with Crippen LogP contribution in [-0.2, 0) is 9.53 Å². The molecule has 0 saturated heterocycles. The maximum atomic E-state index is 12.4. The van der Waals surface area contributed by atoms with E-state index in [0.29, 0.717) is 12.5 Å². The summed E-state index contributed by atoms with van der Waals surface area (Å²) in [6, 6.07) is 8.15. The fraction of sp³-hybridized carbons (Fsp3) is 0.562. The summed E-state index contributed by atoms with van der Waals surface area (Å²) in [6.07, 6.45) is 2.96. The maximum absolute atomic E-state index is 12.4. The van der Waals surface area contributed by atoms with Crippen molar-refractivity contribution in [2.75, 3.05) is 11.9 Å². The van der Waals surface area contributed by atoms with Crippen LogP contribution in [0.2, 0.25) is 0 Å². The fourth-order valence-corrected chi connectivity index (χ4v) is 2.66. The van der Waals surface area contributed by atoms with Gasteiger partial charge >= 0.3 is 5.97 Å². The van der Waals surface area contributed by atoms with Crippen LogP contribution in [0, 0.1) is 12.8 Å². The van der Waals surface area contributed by atoms with Gasteiger partial charge in [-0.05, 0) is 56.7 Å². The molecule has 3 heteroatoms. The van der Waals surface area contributed by atoms with E-state index in [-0.39, 0.29) is 5.97 Å². The second kappa shape index (κ2) is 5.64. The smallest absolute Gasteiger partial charge is 0.332 e. The van der Waals surface area contributed by atoms with E-state index in [1.807, 2.05) is 19.1 Å². The van der Waals surface area contributed by atoms with E-state index in [2.05, 4.69) is 31.3 Å². The average molecular weight is 261 g/mol. The van der Waals surface area contributed by atoms with Gasteiger partial charge in [-0.25, -0.2) is 4.79 Å². The molecule has 1 atom stereocenters. The minimum Gasteiger partial charge on any atom is -0.464 e. The van der Waals surface area contributed by atoms with Crippen molar-refractivity contribution in [1.29, 1.82) is 0 Å². The van der Waals surface area contributed by atoms with Crippen molar-refractivity contribution in [2.45, 2.75) is 45.6 Å². The van der Waals surface area contributed by atoms with Crippen LogP contribution in [-0.4, -0.2) is 18.1 Å². The summed E-state index contributed by atoms with van der Waals surface area (Å²) >= 11 is 0. The quantitative estimate of drug-likeness (QED) is 0.796. The van der Waals surface area contributed by atoms with Crippen LogP contribution in [0.25, 0.3) is 0 Å². The molecular formula is C16H23NO2. The van der Waals surface area contributed by atoms with Crippen molar-refractivity contribution in [3.05, 3.63) is 29.8 Å². The van der Waals surface area contributed by atoms with Crippen molar-refractivity contribution in [2.24, 2.45) is 5.92 Å². The van der Waals surface area contributed by atoms with E-state index in [1.165, 1.54) is 5.56 Å². The van der Waals surface area contributed by atoms with E-state index in [9.17, 15) is 4.79 Å². The Kier molecular flexibility index (Phi) is 4.13. The van der Waals surface area contributed by atoms with E-state index < -0.39 is 5.54 Å². The fourth-order valence-electron chi connectivity index (χ4n) is 2.66. The average Bonchev–Trinajstić information content (AvgIpc) is 3.21. The van der Waals surface area contributed by atoms with Gasteiger partial charge in [0.15, 0.2) is 0 Å². The number of aryl methyl sites for hydroxylation is 1. The number of rotatable bonds is 6. The van der Waals surface area contributed by atoms with Crippen molar-refractivity contribution in [3.63, 3.8) is 0 Å². The van der Waals surface area contributed by atoms with Crippen LogP contribution in [0.1, 0.15) is 38.7 Å². The maximum Gasteiger partial charge on any atom is 0.332 e. The lowest BCUT2D eigenvalue weighted by Crippen LogP contribution is -2.49. The topological polar surface area (TPSA) is 38.3 Å². The zero-order valence-electron chi connectivity index (χ0n) is 12.0. The number of carbonyl (C=O) groups excluding carboxylic acids is 1. The third-order valence-corrected chi connectivity index (χ3v) is 3.86. The monoisotopic (exact) mass is 261 g/mol. The van der Waals surface area contributed by atoms with Crippen LogP contribution in [0.15, 0.2) is 24.3 Å². The number of ether oxygens (including phenoxy) is 1. The van der Waals surface area contributed by atoms with Gasteiger partial charge < -0.3 is 10.1 Å². The lowest BCUT2D eigenvalue weighted by Gasteiger charge is -2.32. The van der Waals surface area contributed by atoms with Crippen LogP contribution in [0.5, 0.6) is 0 Å². The highest BCUT2D eigenvalue weighted by atomic mass is 16.5. The lowest BCUT2D eigenvalue weighted by atomic mass is 9.89. The SMILES string of the molecule is CCOC(=O)C(CC)(Nc1cccc(C)c1)C1CC1. The third-order valence-electron chi connectivity index (χ3n) is 3.86. The van der Waals surface area contributed by atoms with Gasteiger partial charge in [0.1, 0.15) is 5.54 Å². The molecule has 104 valence electrons. The molecule has 3 nitrogen and oxygen atoms in total. The number of anilines is 1. The molecule has 1 N–H and O–H groups in total. The van der Waals surface area contributed by atoms with Gasteiger partial charge in [-0.2, -0.15) is 0 Å². The van der Waals surface area contributed by atoms with Gasteiger partial charge in [-0.3, -0.25) is 0 Å². The molecule has 0 aromatic heterocycles. The molecule has 1 aromatic carbocycles. The molecule has 2 rings (SSSR count). The molecule has 1 aromatic rings. The third kappa shape index (κ3) is 2.91. The number of nitrogens with one attached hydrogen (secondary N) is 1. The van der Waals surface area contributed by atoms with E-state index >= 15 is 0 Å². The first-order valence-electron chi connectivity index (χ1n) is 7.14. The summed E-state index contributed by atoms with van der Waals surface area (Å²) in [7, 11) is 0. The van der Waals surface area contributed by atoms with Crippen molar-refractivity contribution in [1.82, 2.24) is 0 Å². The molecule has 1 fully saturated rings. The number of esters is 1. The molecule has 0 bridgehead atoms. The van der Waals surface area contributed by atoms with E-state index in [1.54, 1.807) is 0 Å². The van der Waals surface area contributed by atoms with Crippen LogP contribution < -0.4 is 5.32 Å². The van der Waals surface area contributed by atoms with Gasteiger partial charge in [-0.15, -0.1) is 0 Å². The summed E-state index contributed by atoms with van der Waals surface area (Å²) in [5.41, 5.74) is 1.64. The Bertz CT molecular complexity index is 454. The predicted molar refractivity (Wildman–Crippen MR) is 77.2 cm³/mol. The number of hydrogen-bond acceptors (Lipinski definition) is 3. The normalized spacial score (nSPS) is 17.6. The number of carbonyl (C=O) groups is 1. The Morgan fingerprint density at radius 1 is 1.42 bits per heavy atom. The zero-order valence-corrected chi connectivity index (χ0v) is 12.0. The largest absolute Gasteiger partial charge is 0.464 e. The molecule has 1 aliphatic carbocycles. The first kappa shape index (κ1) is 13.9. The minimum atomic E-state index is -0.552. The van der Waals surface area contributed by atoms with Crippen LogP contribution >= 0.6 is 0 Å². The summed E-state index contributed by atoms with van der Waals surface area (Å²) in [5.74, 6) is 0.290. The molecule has 0 aliphatic heterocycles. The second-order valence-corrected chi connectivity index (χ2v) is 5.31. The standard InChI is InChI=1S/C16H23NO2/c1-4-16(13-9-10-13,15(18)19-5-2)17-14-8-6-7-12(3)11-14/h6-8,11,13,17H,4-5,9-10H2,1-3H3. The summed E-state index contributed by atoms with van der Waals surface area (Å²) in [6.45, 7) is 6.40. The molecule has 19 heavy (non-hydrogen) atoms. The Hall–Kier alpha value is -1.51. The van der Waals surface area contributed by atoms with Crippen molar-refractivity contribution < 1.29 is 9.53 Å². The molecule has 0 amide bonds. The Balaban J connectivity index is 2.25. The van der Waals surface area contributed by atoms with Gasteiger partial charge in [0.2, 0.25) is 0 Å². The van der Waals surface area contributed by atoms with Gasteiger partial charge in [-0.1, -0.05) is 19.1 Å². The number of hydrogen-bond donors (Lipinski definition) is 1. The molecule has 1 aliphatic rings. The summed E-state index contributed by atoms with van der Waals surface area (Å²) in [4.78, 5) is 12.4. The van der Waals surface area contributed by atoms with Crippen LogP contribution in [0.4, 0.5) is 5.69 Å². The van der Waals surface area contributed by atoms with Crippen molar-refractivity contribution in [3.8, 4) is 0 Å². The molecular weight excluding hydrogens is 238 g/mol. The highest BCUT2D eigenvalue weighted by molar-refractivity contribution is 5.85. The summed E-state index contributed by atoms with van der Waals surface area (Å²) < 4.78 is 5.30. The Morgan fingerprint density at radius 2 is 2.16 bits per heavy atom. The first-order chi connectivity index (χ1) is 9.12. The predicted octanol–water partition coefficient (Wildman–Crippen LogP) is 3.53. The van der Waals surface area contributed by atoms with Gasteiger partial charge in [0.25, 0.3) is 0 Å². The van der Waals surface area contributed by atoms with Gasteiger partial charge in [0, 0.05) is 5.69 Å². The highest BCUT2D eigenvalue weighted by Crippen LogP contribution is 2.44. The first-order valence-corrected chi connectivity index (χ1v) is 7.14. The molecule has 0 radical (unpaired) electrons. The lowest BCUT2D eigenvalue weighted by molar-refractivity contribution is -0.149.